The fourth-order valence-electron chi connectivity index (χ4n) is 3.99. The van der Waals surface area contributed by atoms with E-state index in [0.717, 1.165) is 24.1 Å². The number of aromatic nitrogens is 1. The van der Waals surface area contributed by atoms with Gasteiger partial charge in [0, 0.05) is 17.0 Å². The summed E-state index contributed by atoms with van der Waals surface area (Å²) in [5.74, 6) is 1.02. The molecule has 2 aliphatic rings. The maximum Gasteiger partial charge on any atom is 0.231 e. The molecule has 2 aliphatic carbocycles. The van der Waals surface area contributed by atoms with Crippen LogP contribution in [0.2, 0.25) is 0 Å². The predicted octanol–water partition coefficient (Wildman–Crippen LogP) is 3.12. The van der Waals surface area contributed by atoms with E-state index in [0.29, 0.717) is 17.0 Å². The predicted molar refractivity (Wildman–Crippen MR) is 88.5 cm³/mol. The number of hydrogen-bond donors (Lipinski definition) is 2. The Morgan fingerprint density at radius 2 is 2.00 bits per heavy atom. The second-order valence-electron chi connectivity index (χ2n) is 6.33. The second kappa shape index (κ2) is 5.48. The molecule has 1 aromatic heterocycles. The van der Waals surface area contributed by atoms with Gasteiger partial charge in [0.05, 0.1) is 11.6 Å². The topological polar surface area (TPSA) is 68.0 Å². The molecule has 114 valence electrons. The lowest BCUT2D eigenvalue weighted by molar-refractivity contribution is -0.121. The van der Waals surface area contributed by atoms with Crippen molar-refractivity contribution in [3.63, 3.8) is 0 Å². The molecule has 4 nitrogen and oxygen atoms in total. The second-order valence-corrected chi connectivity index (χ2v) is 7.19. The molecule has 4 rings (SSSR count). The monoisotopic (exact) mass is 313 g/mol. The number of thiazole rings is 1. The van der Waals surface area contributed by atoms with Gasteiger partial charge in [0.1, 0.15) is 0 Å². The van der Waals surface area contributed by atoms with Crippen LogP contribution in [0.15, 0.2) is 35.7 Å². The molecular formula is C17H19N3OS. The minimum absolute atomic E-state index is 0.0207. The maximum atomic E-state index is 12.5. The summed E-state index contributed by atoms with van der Waals surface area (Å²) in [6.45, 7) is 0. The summed E-state index contributed by atoms with van der Waals surface area (Å²) in [5, 5.41) is 5.62. The van der Waals surface area contributed by atoms with E-state index in [9.17, 15) is 4.79 Å². The zero-order valence-corrected chi connectivity index (χ0v) is 13.1. The molecular weight excluding hydrogens is 294 g/mol. The van der Waals surface area contributed by atoms with Gasteiger partial charge in [-0.25, -0.2) is 4.98 Å². The van der Waals surface area contributed by atoms with E-state index in [1.807, 2.05) is 35.7 Å². The molecule has 0 aliphatic heterocycles. The quantitative estimate of drug-likeness (QED) is 0.915. The van der Waals surface area contributed by atoms with Crippen LogP contribution in [0.5, 0.6) is 0 Å². The number of carbonyl (C=O) groups excluding carboxylic acids is 1. The first kappa shape index (κ1) is 13.9. The van der Waals surface area contributed by atoms with E-state index in [4.69, 9.17) is 5.73 Å². The molecule has 0 radical (unpaired) electrons. The Hall–Kier alpha value is -1.72. The summed E-state index contributed by atoms with van der Waals surface area (Å²) in [4.78, 5) is 17.1. The van der Waals surface area contributed by atoms with Crippen molar-refractivity contribution in [2.75, 3.05) is 5.32 Å². The first-order valence-electron chi connectivity index (χ1n) is 7.80. The molecule has 0 spiro atoms. The zero-order valence-electron chi connectivity index (χ0n) is 12.2. The van der Waals surface area contributed by atoms with Crippen molar-refractivity contribution in [3.8, 4) is 11.3 Å². The third-order valence-corrected chi connectivity index (χ3v) is 5.84. The Labute approximate surface area is 133 Å². The fourth-order valence-corrected chi connectivity index (χ4v) is 4.71. The van der Waals surface area contributed by atoms with Crippen LogP contribution in [-0.4, -0.2) is 16.9 Å². The Morgan fingerprint density at radius 3 is 2.73 bits per heavy atom. The molecule has 22 heavy (non-hydrogen) atoms. The number of fused-ring (bicyclic) bond motifs is 2. The van der Waals surface area contributed by atoms with Gasteiger partial charge in [-0.15, -0.1) is 11.3 Å². The highest BCUT2D eigenvalue weighted by Crippen LogP contribution is 2.48. The molecule has 3 N–H and O–H groups in total. The van der Waals surface area contributed by atoms with E-state index in [2.05, 4.69) is 10.3 Å². The van der Waals surface area contributed by atoms with Crippen LogP contribution in [0, 0.1) is 17.8 Å². The number of rotatable bonds is 3. The zero-order chi connectivity index (χ0) is 15.1. The van der Waals surface area contributed by atoms with Crippen LogP contribution in [0.1, 0.15) is 19.3 Å². The minimum atomic E-state index is -0.0391. The van der Waals surface area contributed by atoms with Gasteiger partial charge in [-0.05, 0) is 31.1 Å². The number of anilines is 1. The van der Waals surface area contributed by atoms with Crippen molar-refractivity contribution < 1.29 is 4.79 Å². The van der Waals surface area contributed by atoms with E-state index in [-0.39, 0.29) is 17.9 Å². The number of nitrogens with two attached hydrogens (primary N) is 1. The molecule has 4 atom stereocenters. The third kappa shape index (κ3) is 2.34. The summed E-state index contributed by atoms with van der Waals surface area (Å²) < 4.78 is 0. The number of hydrogen-bond acceptors (Lipinski definition) is 4. The van der Waals surface area contributed by atoms with Crippen LogP contribution < -0.4 is 11.1 Å². The highest BCUT2D eigenvalue weighted by molar-refractivity contribution is 7.14. The van der Waals surface area contributed by atoms with Crippen LogP contribution in [-0.2, 0) is 4.79 Å². The summed E-state index contributed by atoms with van der Waals surface area (Å²) >= 11 is 1.47. The fraction of sp³-hybridized carbons (Fsp3) is 0.412. The van der Waals surface area contributed by atoms with Crippen molar-refractivity contribution >= 4 is 22.4 Å². The highest BCUT2D eigenvalue weighted by Gasteiger charge is 2.49. The van der Waals surface area contributed by atoms with E-state index < -0.39 is 0 Å². The van der Waals surface area contributed by atoms with Gasteiger partial charge in [0.15, 0.2) is 5.13 Å². The molecule has 0 saturated heterocycles. The third-order valence-electron chi connectivity index (χ3n) is 5.09. The molecule has 2 saturated carbocycles. The number of nitrogens with zero attached hydrogens (tertiary/aromatic N) is 1. The lowest BCUT2D eigenvalue weighted by Gasteiger charge is -2.26. The molecule has 5 heteroatoms. The van der Waals surface area contributed by atoms with Crippen LogP contribution in [0.3, 0.4) is 0 Å². The summed E-state index contributed by atoms with van der Waals surface area (Å²) in [5.41, 5.74) is 8.20. The Balaban J connectivity index is 1.48. The number of benzene rings is 1. The smallest absolute Gasteiger partial charge is 0.231 e. The SMILES string of the molecule is NC1C2CCC(C2)C1C(=O)Nc1nc(-c2ccccc2)cs1. The van der Waals surface area contributed by atoms with Crippen LogP contribution in [0.4, 0.5) is 5.13 Å². The first-order chi connectivity index (χ1) is 10.7. The van der Waals surface area contributed by atoms with Crippen molar-refractivity contribution in [2.45, 2.75) is 25.3 Å². The molecule has 2 fully saturated rings. The normalized spacial score (nSPS) is 29.7. The first-order valence-corrected chi connectivity index (χ1v) is 8.68. The van der Waals surface area contributed by atoms with Gasteiger partial charge in [-0.2, -0.15) is 0 Å². The maximum absolute atomic E-state index is 12.5. The Morgan fingerprint density at radius 1 is 1.23 bits per heavy atom. The van der Waals surface area contributed by atoms with E-state index in [1.165, 1.54) is 17.8 Å². The van der Waals surface area contributed by atoms with Crippen molar-refractivity contribution in [1.82, 2.24) is 4.98 Å². The molecule has 2 aromatic rings. The number of carbonyl (C=O) groups is 1. The molecule has 1 heterocycles. The van der Waals surface area contributed by atoms with Gasteiger partial charge in [0.25, 0.3) is 0 Å². The van der Waals surface area contributed by atoms with Gasteiger partial charge >= 0.3 is 0 Å². The summed E-state index contributed by atoms with van der Waals surface area (Å²) in [7, 11) is 0. The van der Waals surface area contributed by atoms with Crippen LogP contribution in [0.25, 0.3) is 11.3 Å². The standard InChI is InChI=1S/C17H19N3OS/c18-15-12-7-6-11(8-12)14(15)16(21)20-17-19-13(9-22-17)10-4-2-1-3-5-10/h1-5,9,11-12,14-15H,6-8,18H2,(H,19,20,21). The molecule has 4 unspecified atom stereocenters. The summed E-state index contributed by atoms with van der Waals surface area (Å²) in [6, 6.07) is 10.0. The lowest BCUT2D eigenvalue weighted by Crippen LogP contribution is -2.42. The van der Waals surface area contributed by atoms with Gasteiger partial charge < -0.3 is 11.1 Å². The number of amides is 1. The highest BCUT2D eigenvalue weighted by atomic mass is 32.1. The molecule has 1 aromatic carbocycles. The Kier molecular flexibility index (Phi) is 3.47. The number of nitrogens with one attached hydrogen (secondary N) is 1. The van der Waals surface area contributed by atoms with Gasteiger partial charge in [-0.1, -0.05) is 30.3 Å². The van der Waals surface area contributed by atoms with Crippen molar-refractivity contribution in [3.05, 3.63) is 35.7 Å². The molecule has 1 amide bonds. The van der Waals surface area contributed by atoms with E-state index >= 15 is 0 Å². The van der Waals surface area contributed by atoms with Crippen molar-refractivity contribution in [1.29, 1.82) is 0 Å². The van der Waals surface area contributed by atoms with Gasteiger partial charge in [-0.3, -0.25) is 4.79 Å². The largest absolute Gasteiger partial charge is 0.327 e. The van der Waals surface area contributed by atoms with Gasteiger partial charge in [0.2, 0.25) is 5.91 Å². The van der Waals surface area contributed by atoms with Crippen molar-refractivity contribution in [2.24, 2.45) is 23.5 Å². The average molecular weight is 313 g/mol. The van der Waals surface area contributed by atoms with Crippen LogP contribution >= 0.6 is 11.3 Å². The summed E-state index contributed by atoms with van der Waals surface area (Å²) in [6.07, 6.45) is 3.45. The lowest BCUT2D eigenvalue weighted by atomic mass is 9.84. The van der Waals surface area contributed by atoms with E-state index in [1.54, 1.807) is 0 Å². The Bertz CT molecular complexity index is 682. The molecule has 2 bridgehead atoms. The minimum Gasteiger partial charge on any atom is -0.327 e. The average Bonchev–Trinajstić information content (AvgIpc) is 3.23.